The largest absolute Gasteiger partial charge is 0.366 e. The number of aromatic nitrogens is 2. The molecule has 152 valence electrons. The van der Waals surface area contributed by atoms with Gasteiger partial charge in [0.1, 0.15) is 0 Å². The maximum atomic E-state index is 12.3. The van der Waals surface area contributed by atoms with Crippen LogP contribution in [-0.2, 0) is 6.54 Å². The van der Waals surface area contributed by atoms with Crippen LogP contribution in [0.15, 0.2) is 48.8 Å². The number of primary amides is 1. The molecule has 0 radical (unpaired) electrons. The van der Waals surface area contributed by atoms with E-state index in [1.165, 1.54) is 12.4 Å². The molecule has 2 aromatic carbocycles. The number of nitrogens with zero attached hydrogens (tertiary/aromatic N) is 3. The average Bonchev–Trinajstić information content (AvgIpc) is 3.20. The van der Waals surface area contributed by atoms with Crippen LogP contribution in [0.3, 0.4) is 0 Å². The summed E-state index contributed by atoms with van der Waals surface area (Å²) in [7, 11) is 0. The lowest BCUT2D eigenvalue weighted by molar-refractivity contribution is 0.0995. The molecule has 2 aliphatic rings. The molecule has 2 atom stereocenters. The summed E-state index contributed by atoms with van der Waals surface area (Å²) in [6.45, 7) is 4.09. The van der Waals surface area contributed by atoms with E-state index in [4.69, 9.17) is 5.73 Å². The fourth-order valence-corrected chi connectivity index (χ4v) is 4.71. The third kappa shape index (κ3) is 3.21. The molecular weight excluding hydrogens is 378 g/mol. The first-order chi connectivity index (χ1) is 14.5. The van der Waals surface area contributed by atoms with Gasteiger partial charge < -0.3 is 16.0 Å². The van der Waals surface area contributed by atoms with Gasteiger partial charge in [-0.2, -0.15) is 0 Å². The minimum atomic E-state index is -0.520. The lowest BCUT2D eigenvalue weighted by Crippen LogP contribution is -2.32. The van der Waals surface area contributed by atoms with Gasteiger partial charge in [0.05, 0.1) is 5.56 Å². The quantitative estimate of drug-likeness (QED) is 0.614. The second kappa shape index (κ2) is 7.18. The lowest BCUT2D eigenvalue weighted by atomic mass is 9.96. The summed E-state index contributed by atoms with van der Waals surface area (Å²) in [6.07, 6.45) is 2.96. The molecule has 7 nitrogen and oxygen atoms in total. The van der Waals surface area contributed by atoms with Gasteiger partial charge in [0.15, 0.2) is 5.78 Å². The summed E-state index contributed by atoms with van der Waals surface area (Å²) in [4.78, 5) is 34.2. The van der Waals surface area contributed by atoms with Crippen LogP contribution >= 0.6 is 0 Å². The molecule has 1 amide bonds. The molecule has 30 heavy (non-hydrogen) atoms. The second-order valence-electron chi connectivity index (χ2n) is 8.15. The van der Waals surface area contributed by atoms with Crippen LogP contribution in [0.5, 0.6) is 0 Å². The summed E-state index contributed by atoms with van der Waals surface area (Å²) in [5.41, 5.74) is 7.43. The van der Waals surface area contributed by atoms with Crippen molar-refractivity contribution in [2.75, 3.05) is 18.0 Å². The Morgan fingerprint density at radius 2 is 1.80 bits per heavy atom. The van der Waals surface area contributed by atoms with Crippen molar-refractivity contribution in [3.8, 4) is 0 Å². The van der Waals surface area contributed by atoms with E-state index in [0.717, 1.165) is 35.0 Å². The van der Waals surface area contributed by atoms with E-state index in [0.29, 0.717) is 35.9 Å². The van der Waals surface area contributed by atoms with Gasteiger partial charge >= 0.3 is 0 Å². The van der Waals surface area contributed by atoms with Gasteiger partial charge in [-0.1, -0.05) is 36.4 Å². The molecule has 3 aromatic rings. The Morgan fingerprint density at radius 3 is 2.47 bits per heavy atom. The van der Waals surface area contributed by atoms with Gasteiger partial charge in [0, 0.05) is 43.6 Å². The molecule has 1 saturated heterocycles. The molecule has 0 bridgehead atoms. The van der Waals surface area contributed by atoms with Crippen molar-refractivity contribution in [2.24, 2.45) is 17.6 Å². The molecule has 2 heterocycles. The van der Waals surface area contributed by atoms with E-state index < -0.39 is 5.91 Å². The standard InChI is InChI=1S/C23H23N5O2/c1-13(29)20-15(7-6-14-4-2-3-5-17(14)20)8-25-21-18-11-28(12-19(18)21)23-26-9-16(10-27-23)22(24)30/h2-7,9-10,18-19,21,25H,8,11-12H2,1H3,(H2,24,30). The summed E-state index contributed by atoms with van der Waals surface area (Å²) in [5.74, 6) is 1.31. The molecule has 2 unspecified atom stereocenters. The van der Waals surface area contributed by atoms with Gasteiger partial charge in [-0.15, -0.1) is 0 Å². The highest BCUT2D eigenvalue weighted by molar-refractivity contribution is 6.08. The predicted molar refractivity (Wildman–Crippen MR) is 114 cm³/mol. The molecule has 1 aliphatic heterocycles. The van der Waals surface area contributed by atoms with Crippen LogP contribution in [-0.4, -0.2) is 40.8 Å². The summed E-state index contributed by atoms with van der Waals surface area (Å²) >= 11 is 0. The van der Waals surface area contributed by atoms with E-state index in [2.05, 4.69) is 32.3 Å². The van der Waals surface area contributed by atoms with Crippen LogP contribution in [0.25, 0.3) is 10.8 Å². The van der Waals surface area contributed by atoms with E-state index in [1.807, 2.05) is 24.3 Å². The Bertz CT molecular complexity index is 1130. The molecule has 3 N–H and O–H groups in total. The number of fused-ring (bicyclic) bond motifs is 2. The van der Waals surface area contributed by atoms with Crippen LogP contribution in [0.2, 0.25) is 0 Å². The van der Waals surface area contributed by atoms with Crippen LogP contribution in [0, 0.1) is 11.8 Å². The topological polar surface area (TPSA) is 101 Å². The number of hydrogen-bond donors (Lipinski definition) is 2. The molecular formula is C23H23N5O2. The first kappa shape index (κ1) is 18.7. The number of benzene rings is 2. The minimum Gasteiger partial charge on any atom is -0.366 e. The fraction of sp³-hybridized carbons (Fsp3) is 0.304. The fourth-order valence-electron chi connectivity index (χ4n) is 4.71. The van der Waals surface area contributed by atoms with Gasteiger partial charge in [-0.3, -0.25) is 9.59 Å². The molecule has 1 aliphatic carbocycles. The Labute approximate surface area is 174 Å². The van der Waals surface area contributed by atoms with Crippen molar-refractivity contribution in [3.63, 3.8) is 0 Å². The molecule has 1 aromatic heterocycles. The number of hydrogen-bond acceptors (Lipinski definition) is 6. The van der Waals surface area contributed by atoms with Crippen molar-refractivity contribution in [3.05, 3.63) is 65.5 Å². The Kier molecular flexibility index (Phi) is 4.47. The van der Waals surface area contributed by atoms with Crippen LogP contribution in [0.4, 0.5) is 5.95 Å². The highest BCUT2D eigenvalue weighted by atomic mass is 16.1. The van der Waals surface area contributed by atoms with E-state index in [-0.39, 0.29) is 5.78 Å². The van der Waals surface area contributed by atoms with Crippen molar-refractivity contribution in [1.82, 2.24) is 15.3 Å². The third-order valence-electron chi connectivity index (χ3n) is 6.30. The second-order valence-corrected chi connectivity index (χ2v) is 8.15. The molecule has 2 fully saturated rings. The number of ketones is 1. The van der Waals surface area contributed by atoms with E-state index in [9.17, 15) is 9.59 Å². The molecule has 7 heteroatoms. The van der Waals surface area contributed by atoms with E-state index in [1.54, 1.807) is 6.92 Å². The molecule has 5 rings (SSSR count). The van der Waals surface area contributed by atoms with E-state index >= 15 is 0 Å². The number of nitrogens with one attached hydrogen (secondary N) is 1. The number of carbonyl (C=O) groups excluding carboxylic acids is 2. The summed E-state index contributed by atoms with van der Waals surface area (Å²) < 4.78 is 0. The smallest absolute Gasteiger partial charge is 0.251 e. The highest BCUT2D eigenvalue weighted by Crippen LogP contribution is 2.46. The van der Waals surface area contributed by atoms with Gasteiger partial charge in [0.25, 0.3) is 5.91 Å². The Hall–Kier alpha value is -3.32. The minimum absolute atomic E-state index is 0.0994. The number of anilines is 1. The van der Waals surface area contributed by atoms with Crippen molar-refractivity contribution in [2.45, 2.75) is 19.5 Å². The van der Waals surface area contributed by atoms with Crippen LogP contribution in [0.1, 0.15) is 33.2 Å². The van der Waals surface area contributed by atoms with Gasteiger partial charge in [-0.25, -0.2) is 9.97 Å². The Balaban J connectivity index is 1.24. The monoisotopic (exact) mass is 401 g/mol. The van der Waals surface area contributed by atoms with Crippen LogP contribution < -0.4 is 16.0 Å². The SMILES string of the molecule is CC(=O)c1c(CNC2C3CN(c4ncc(C(N)=O)cn4)CC32)ccc2ccccc12. The highest BCUT2D eigenvalue weighted by Gasteiger charge is 2.55. The van der Waals surface area contributed by atoms with Gasteiger partial charge in [-0.05, 0) is 35.1 Å². The maximum Gasteiger partial charge on any atom is 0.251 e. The molecule has 0 spiro atoms. The number of carbonyl (C=O) groups is 2. The number of piperidine rings is 1. The summed E-state index contributed by atoms with van der Waals surface area (Å²) in [6, 6.07) is 12.6. The zero-order valence-electron chi connectivity index (χ0n) is 16.7. The first-order valence-corrected chi connectivity index (χ1v) is 10.1. The van der Waals surface area contributed by atoms with Crippen molar-refractivity contribution >= 4 is 28.4 Å². The first-order valence-electron chi connectivity index (χ1n) is 10.1. The summed E-state index contributed by atoms with van der Waals surface area (Å²) in [5, 5.41) is 5.76. The number of nitrogens with two attached hydrogens (primary N) is 1. The van der Waals surface area contributed by atoms with Gasteiger partial charge in [0.2, 0.25) is 5.95 Å². The third-order valence-corrected chi connectivity index (χ3v) is 6.30. The van der Waals surface area contributed by atoms with Crippen molar-refractivity contribution < 1.29 is 9.59 Å². The zero-order chi connectivity index (χ0) is 20.8. The zero-order valence-corrected chi connectivity index (χ0v) is 16.7. The molecule has 1 saturated carbocycles. The van der Waals surface area contributed by atoms with Crippen molar-refractivity contribution in [1.29, 1.82) is 0 Å². The predicted octanol–water partition coefficient (Wildman–Crippen LogP) is 2.16. The Morgan fingerprint density at radius 1 is 1.10 bits per heavy atom. The lowest BCUT2D eigenvalue weighted by Gasteiger charge is -2.20. The average molecular weight is 401 g/mol. The number of amides is 1. The normalized spacial score (nSPS) is 22.2. The number of rotatable bonds is 6. The number of Topliss-reactive ketones (excluding diaryl/α,β-unsaturated/α-hetero) is 1. The maximum absolute atomic E-state index is 12.3.